The van der Waals surface area contributed by atoms with E-state index in [2.05, 4.69) is 20.0 Å². The largest absolute Gasteiger partial charge is 0.487 e. The normalized spacial score (nSPS) is 14.8. The Labute approximate surface area is 183 Å². The Hall–Kier alpha value is -3.31. The van der Waals surface area contributed by atoms with Gasteiger partial charge in [-0.15, -0.1) is 11.3 Å². The summed E-state index contributed by atoms with van der Waals surface area (Å²) in [5.74, 6) is 12.1. The predicted octanol–water partition coefficient (Wildman–Crippen LogP) is 2.62. The lowest BCUT2D eigenvalue weighted by atomic mass is 9.98. The van der Waals surface area contributed by atoms with E-state index in [0.29, 0.717) is 18.5 Å². The van der Waals surface area contributed by atoms with E-state index in [1.807, 2.05) is 29.6 Å². The molecule has 3 heterocycles. The van der Waals surface area contributed by atoms with Crippen molar-refractivity contribution in [3.05, 3.63) is 58.6 Å². The van der Waals surface area contributed by atoms with Crippen LogP contribution in [-0.2, 0) is 6.61 Å². The molecular weight excluding hydrogens is 419 g/mol. The van der Waals surface area contributed by atoms with Crippen LogP contribution >= 0.6 is 11.3 Å². The molecule has 0 bridgehead atoms. The number of piperidine rings is 1. The summed E-state index contributed by atoms with van der Waals surface area (Å²) in [6.45, 7) is 2.04. The highest BCUT2D eigenvalue weighted by atomic mass is 32.1. The fourth-order valence-corrected chi connectivity index (χ4v) is 4.36. The van der Waals surface area contributed by atoms with Crippen molar-refractivity contribution in [1.29, 1.82) is 0 Å². The number of hydrazine groups is 1. The first-order chi connectivity index (χ1) is 15.1. The maximum atomic E-state index is 13.0. The molecule has 0 spiro atoms. The van der Waals surface area contributed by atoms with Crippen LogP contribution in [0.15, 0.2) is 47.1 Å². The van der Waals surface area contributed by atoms with Crippen LogP contribution in [0, 0.1) is 5.82 Å². The van der Waals surface area contributed by atoms with Crippen LogP contribution in [-0.4, -0.2) is 34.4 Å². The van der Waals surface area contributed by atoms with Gasteiger partial charge in [0.25, 0.3) is 0 Å². The molecule has 1 fully saturated rings. The Morgan fingerprint density at radius 1 is 1.23 bits per heavy atom. The van der Waals surface area contributed by atoms with Gasteiger partial charge in [0.2, 0.25) is 5.95 Å². The van der Waals surface area contributed by atoms with E-state index in [9.17, 15) is 4.39 Å². The summed E-state index contributed by atoms with van der Waals surface area (Å²) in [5, 5.41) is 7.87. The second kappa shape index (κ2) is 9.67. The van der Waals surface area contributed by atoms with Crippen LogP contribution in [0.4, 0.5) is 16.0 Å². The van der Waals surface area contributed by atoms with Gasteiger partial charge < -0.3 is 15.5 Å². The highest BCUT2D eigenvalue weighted by molar-refractivity contribution is 7.09. The van der Waals surface area contributed by atoms with Crippen LogP contribution in [0.1, 0.15) is 29.5 Å². The number of rotatable bonds is 7. The molecule has 2 aromatic heterocycles. The molecule has 0 radical (unpaired) electrons. The quantitative estimate of drug-likeness (QED) is 0.248. The topological polar surface area (TPSA) is 119 Å². The zero-order chi connectivity index (χ0) is 21.6. The lowest BCUT2D eigenvalue weighted by Crippen LogP contribution is -2.34. The summed E-state index contributed by atoms with van der Waals surface area (Å²) in [7, 11) is 0. The standard InChI is InChI=1S/C20H23FN8OS/c21-15-9-24-20(25-10-15)28-7-5-14(6-8-28)19-27-16(12-31-19)11-30-18-3-1-17(2-4-18)29(23)13-26-22/h1-4,9-10,12-14H,5-8,11,22-23H2/b26-13-. The number of benzene rings is 1. The smallest absolute Gasteiger partial charge is 0.225 e. The second-order valence-electron chi connectivity index (χ2n) is 7.09. The summed E-state index contributed by atoms with van der Waals surface area (Å²) in [4.78, 5) is 15.0. The van der Waals surface area contributed by atoms with Gasteiger partial charge in [0.1, 0.15) is 18.7 Å². The van der Waals surface area contributed by atoms with Gasteiger partial charge in [0.15, 0.2) is 5.82 Å². The molecule has 4 N–H and O–H groups in total. The van der Waals surface area contributed by atoms with Crippen molar-refractivity contribution in [3.8, 4) is 5.75 Å². The van der Waals surface area contributed by atoms with Crippen molar-refractivity contribution in [1.82, 2.24) is 15.0 Å². The van der Waals surface area contributed by atoms with E-state index < -0.39 is 5.82 Å². The average molecular weight is 443 g/mol. The molecule has 11 heteroatoms. The number of nitrogens with two attached hydrogens (primary N) is 2. The van der Waals surface area contributed by atoms with Crippen LogP contribution < -0.4 is 26.3 Å². The van der Waals surface area contributed by atoms with E-state index in [1.54, 1.807) is 11.3 Å². The molecule has 162 valence electrons. The molecule has 1 saturated heterocycles. The molecule has 1 aromatic carbocycles. The summed E-state index contributed by atoms with van der Waals surface area (Å²) < 4.78 is 18.9. The Morgan fingerprint density at radius 3 is 2.61 bits per heavy atom. The molecule has 9 nitrogen and oxygen atoms in total. The highest BCUT2D eigenvalue weighted by Crippen LogP contribution is 2.31. The van der Waals surface area contributed by atoms with Gasteiger partial charge in [-0.05, 0) is 37.1 Å². The monoisotopic (exact) mass is 442 g/mol. The van der Waals surface area contributed by atoms with Gasteiger partial charge in [-0.25, -0.2) is 25.2 Å². The molecule has 0 saturated carbocycles. The molecule has 1 aliphatic heterocycles. The van der Waals surface area contributed by atoms with Crippen molar-refractivity contribution >= 4 is 29.3 Å². The number of aromatic nitrogens is 3. The minimum absolute atomic E-state index is 0.398. The maximum Gasteiger partial charge on any atom is 0.225 e. The van der Waals surface area contributed by atoms with Gasteiger partial charge in [-0.3, -0.25) is 5.01 Å². The number of anilines is 2. The van der Waals surface area contributed by atoms with Gasteiger partial charge in [-0.1, -0.05) is 0 Å². The number of halogens is 1. The first-order valence-corrected chi connectivity index (χ1v) is 10.7. The average Bonchev–Trinajstić information content (AvgIpc) is 3.28. The SMILES string of the molecule is N/N=C\N(N)c1ccc(OCc2csc(C3CCN(c4ncc(F)cn4)CC3)n2)cc1. The van der Waals surface area contributed by atoms with Gasteiger partial charge in [-0.2, -0.15) is 5.10 Å². The number of ether oxygens (including phenoxy) is 1. The van der Waals surface area contributed by atoms with Gasteiger partial charge >= 0.3 is 0 Å². The van der Waals surface area contributed by atoms with E-state index in [-0.39, 0.29) is 0 Å². The van der Waals surface area contributed by atoms with Crippen molar-refractivity contribution in [2.75, 3.05) is 23.0 Å². The van der Waals surface area contributed by atoms with Crippen LogP contribution in [0.25, 0.3) is 0 Å². The van der Waals surface area contributed by atoms with Crippen LogP contribution in [0.3, 0.4) is 0 Å². The zero-order valence-electron chi connectivity index (χ0n) is 16.8. The zero-order valence-corrected chi connectivity index (χ0v) is 17.6. The number of nitrogens with zero attached hydrogens (tertiary/aromatic N) is 6. The summed E-state index contributed by atoms with van der Waals surface area (Å²) >= 11 is 1.66. The van der Waals surface area contributed by atoms with Crippen molar-refractivity contribution in [2.45, 2.75) is 25.4 Å². The lowest BCUT2D eigenvalue weighted by molar-refractivity contribution is 0.301. The second-order valence-corrected chi connectivity index (χ2v) is 7.98. The summed E-state index contributed by atoms with van der Waals surface area (Å²) in [6, 6.07) is 7.31. The lowest BCUT2D eigenvalue weighted by Gasteiger charge is -2.30. The molecular formula is C20H23FN8OS. The third-order valence-corrected chi connectivity index (χ3v) is 6.07. The minimum atomic E-state index is -0.422. The van der Waals surface area contributed by atoms with E-state index in [1.165, 1.54) is 23.7 Å². The van der Waals surface area contributed by atoms with E-state index in [4.69, 9.17) is 21.4 Å². The van der Waals surface area contributed by atoms with Gasteiger partial charge in [0, 0.05) is 24.4 Å². The Balaban J connectivity index is 1.28. The molecule has 0 aliphatic carbocycles. The minimum Gasteiger partial charge on any atom is -0.487 e. The molecule has 4 rings (SSSR count). The Morgan fingerprint density at radius 2 is 1.94 bits per heavy atom. The molecule has 0 atom stereocenters. The summed E-state index contributed by atoms with van der Waals surface area (Å²) in [6.07, 6.45) is 5.64. The molecule has 0 amide bonds. The van der Waals surface area contributed by atoms with Crippen molar-refractivity contribution in [3.63, 3.8) is 0 Å². The first kappa shape index (κ1) is 20.9. The third-order valence-electron chi connectivity index (χ3n) is 5.02. The van der Waals surface area contributed by atoms with Crippen LogP contribution in [0.2, 0.25) is 0 Å². The number of thiazole rings is 1. The number of hydrazone groups is 1. The Bertz CT molecular complexity index is 1000. The Kier molecular flexibility index (Phi) is 6.53. The molecule has 3 aromatic rings. The van der Waals surface area contributed by atoms with Gasteiger partial charge in [0.05, 0.1) is 28.8 Å². The number of hydrogen-bond acceptors (Lipinski definition) is 9. The van der Waals surface area contributed by atoms with E-state index in [0.717, 1.165) is 48.1 Å². The molecule has 1 aliphatic rings. The maximum absolute atomic E-state index is 13.0. The first-order valence-electron chi connectivity index (χ1n) is 9.79. The van der Waals surface area contributed by atoms with Crippen LogP contribution in [0.5, 0.6) is 5.75 Å². The predicted molar refractivity (Wildman–Crippen MR) is 118 cm³/mol. The fraction of sp³-hybridized carbons (Fsp3) is 0.300. The highest BCUT2D eigenvalue weighted by Gasteiger charge is 2.24. The summed E-state index contributed by atoms with van der Waals surface area (Å²) in [5.41, 5.74) is 1.65. The third kappa shape index (κ3) is 5.25. The fourth-order valence-electron chi connectivity index (χ4n) is 3.38. The van der Waals surface area contributed by atoms with E-state index >= 15 is 0 Å². The van der Waals surface area contributed by atoms with Crippen molar-refractivity contribution in [2.24, 2.45) is 16.8 Å². The molecule has 0 unspecified atom stereocenters. The number of hydrogen-bond donors (Lipinski definition) is 2. The molecule has 31 heavy (non-hydrogen) atoms. The van der Waals surface area contributed by atoms with Crippen molar-refractivity contribution < 1.29 is 9.13 Å².